The summed E-state index contributed by atoms with van der Waals surface area (Å²) in [7, 11) is -8.72. The zero-order valence-electron chi connectivity index (χ0n) is 43.1. The van der Waals surface area contributed by atoms with Crippen molar-refractivity contribution in [3.8, 4) is 50.6 Å². The summed E-state index contributed by atoms with van der Waals surface area (Å²) < 4.78 is 69.0. The molecule has 6 aromatic carbocycles. The summed E-state index contributed by atoms with van der Waals surface area (Å²) in [4.78, 5) is 72.7. The first-order chi connectivity index (χ1) is 37.4. The van der Waals surface area contributed by atoms with Crippen molar-refractivity contribution in [2.24, 2.45) is 17.8 Å². The molecule has 4 aliphatic heterocycles. The van der Waals surface area contributed by atoms with E-state index < -0.39 is 57.8 Å². The van der Waals surface area contributed by atoms with Crippen molar-refractivity contribution in [2.75, 3.05) is 45.4 Å². The van der Waals surface area contributed by atoms with Gasteiger partial charge in [-0.25, -0.2) is 0 Å². The number of imide groups is 1. The molecule has 414 valence electrons. The quantitative estimate of drug-likeness (QED) is 0.0520. The van der Waals surface area contributed by atoms with E-state index >= 15 is 0 Å². The Balaban J connectivity index is 0.000000172. The molecule has 79 heavy (non-hydrogen) atoms. The lowest BCUT2D eigenvalue weighted by atomic mass is 10.0. The van der Waals surface area contributed by atoms with Gasteiger partial charge >= 0.3 is 17.9 Å². The number of carbonyl (C=O) groups is 6. The first kappa shape index (κ1) is 59.3. The van der Waals surface area contributed by atoms with Crippen molar-refractivity contribution in [3.63, 3.8) is 0 Å². The second-order valence-corrected chi connectivity index (χ2v) is 26.1. The molecule has 20 heteroatoms. The number of likely N-dealkylation sites (tertiary alicyclic amines) is 1. The fourth-order valence-electron chi connectivity index (χ4n) is 9.69. The Morgan fingerprint density at radius 3 is 1.41 bits per heavy atom. The molecule has 0 radical (unpaired) electrons. The Bertz CT molecular complexity index is 3320. The maximum Gasteiger partial charge on any atom is 0.310 e. The van der Waals surface area contributed by atoms with Gasteiger partial charge < -0.3 is 33.3 Å². The summed E-state index contributed by atoms with van der Waals surface area (Å²) >= 11 is 0. The van der Waals surface area contributed by atoms with Crippen molar-refractivity contribution < 1.29 is 75.7 Å². The largest absolute Gasteiger partial charge is 0.481 e. The summed E-state index contributed by atoms with van der Waals surface area (Å²) in [5.41, 5.74) is 5.02. The van der Waals surface area contributed by atoms with Crippen molar-refractivity contribution in [2.45, 2.75) is 47.0 Å². The van der Waals surface area contributed by atoms with Crippen LogP contribution < -0.4 is 29.5 Å². The van der Waals surface area contributed by atoms with Crippen LogP contribution in [0, 0.1) is 17.8 Å². The first-order valence-corrected chi connectivity index (χ1v) is 30.7. The molecule has 0 saturated carbocycles. The summed E-state index contributed by atoms with van der Waals surface area (Å²) in [6, 6.07) is 43.8. The standard InChI is InChI=1S/C22H25O7P.C18H16NO4P.C18H17O5P.CH4/c1-2-12-28-22(25)16(14-21(24)27-13-11-23)15-30(26)20-10-6-4-8-18(20)17-7-3-5-9-19(17)29-30;1-19-17(20)10-12(18(19)21)11-24(22)16-9-5-3-7-14(16)13-6-2-4-8-15(13)23-24;1-12(19)13(10-18(20)21)11-24(22)17-9-5-3-7-15(17)14-6-2-4-8-16(14)23-24;/h3-10,16,23H,2,11-15H2,1H3;2-9,12H,10-11H2,1H3;2-9,13H,10-11H2,1H3,(H,20,21);1H4. The monoisotopic (exact) mass is 1130 g/mol. The van der Waals surface area contributed by atoms with Gasteiger partial charge in [-0.2, -0.15) is 0 Å². The van der Waals surface area contributed by atoms with Crippen molar-refractivity contribution >= 4 is 73.5 Å². The van der Waals surface area contributed by atoms with Gasteiger partial charge in [-0.1, -0.05) is 124 Å². The first-order valence-electron chi connectivity index (χ1n) is 25.3. The van der Waals surface area contributed by atoms with Gasteiger partial charge in [0.05, 0.1) is 66.1 Å². The number of carbonyl (C=O) groups excluding carboxylic acids is 5. The van der Waals surface area contributed by atoms with Crippen LogP contribution in [-0.4, -0.2) is 96.0 Å². The number of carboxylic acid groups (broad SMARTS) is 1. The number of aliphatic hydroxyl groups is 1. The van der Waals surface area contributed by atoms with Crippen molar-refractivity contribution in [1.82, 2.24) is 4.90 Å². The van der Waals surface area contributed by atoms with E-state index in [-0.39, 0.29) is 82.6 Å². The number of amides is 2. The maximum absolute atomic E-state index is 14.0. The number of ketones is 1. The minimum absolute atomic E-state index is 0. The molecule has 4 heterocycles. The molecular formula is C59H62NO16P3. The third kappa shape index (κ3) is 13.2. The van der Waals surface area contributed by atoms with E-state index in [4.69, 9.17) is 33.3 Å². The molecule has 1 saturated heterocycles. The molecular weight excluding hydrogens is 1070 g/mol. The van der Waals surface area contributed by atoms with E-state index in [2.05, 4.69) is 0 Å². The van der Waals surface area contributed by atoms with E-state index in [1.807, 2.05) is 91.9 Å². The Morgan fingerprint density at radius 1 is 0.595 bits per heavy atom. The summed E-state index contributed by atoms with van der Waals surface area (Å²) in [6.07, 6.45) is -0.196. The normalized spacial score (nSPS) is 20.4. The number of aliphatic hydroxyl groups excluding tert-OH is 1. The second-order valence-electron chi connectivity index (χ2n) is 19.0. The highest BCUT2D eigenvalue weighted by Gasteiger charge is 2.46. The van der Waals surface area contributed by atoms with E-state index in [1.54, 1.807) is 60.7 Å². The van der Waals surface area contributed by atoms with Crippen LogP contribution in [0.5, 0.6) is 17.2 Å². The molecule has 1 fully saturated rings. The number of carboxylic acids is 1. The van der Waals surface area contributed by atoms with Crippen LogP contribution >= 0.6 is 22.1 Å². The predicted molar refractivity (Wildman–Crippen MR) is 300 cm³/mol. The number of fused-ring (bicyclic) bond motifs is 9. The molecule has 10 rings (SSSR count). The van der Waals surface area contributed by atoms with Crippen LogP contribution in [0.15, 0.2) is 146 Å². The average molecular weight is 1130 g/mol. The third-order valence-electron chi connectivity index (χ3n) is 13.5. The van der Waals surface area contributed by atoms with Gasteiger partial charge in [0, 0.05) is 42.2 Å². The lowest BCUT2D eigenvalue weighted by Crippen LogP contribution is -2.30. The van der Waals surface area contributed by atoms with E-state index in [1.165, 1.54) is 14.0 Å². The molecule has 2 N–H and O–H groups in total. The number of Topliss-reactive ketones (excluding diaryl/α,β-unsaturated/α-hetero) is 1. The summed E-state index contributed by atoms with van der Waals surface area (Å²) in [5.74, 6) is -4.08. The minimum atomic E-state index is -3.52. The molecule has 0 aliphatic carbocycles. The summed E-state index contributed by atoms with van der Waals surface area (Å²) in [5, 5.41) is 19.5. The van der Waals surface area contributed by atoms with Gasteiger partial charge in [-0.05, 0) is 66.4 Å². The average Bonchev–Trinajstić information content (AvgIpc) is 3.80. The number of aliphatic carboxylic acids is 1. The van der Waals surface area contributed by atoms with Gasteiger partial charge in [0.25, 0.3) is 22.1 Å². The highest BCUT2D eigenvalue weighted by atomic mass is 31.2. The van der Waals surface area contributed by atoms with E-state index in [0.29, 0.717) is 39.6 Å². The molecule has 0 aromatic heterocycles. The van der Waals surface area contributed by atoms with Crippen LogP contribution in [0.1, 0.15) is 47.0 Å². The van der Waals surface area contributed by atoms with Gasteiger partial charge in [-0.15, -0.1) is 0 Å². The van der Waals surface area contributed by atoms with Crippen LogP contribution in [0.2, 0.25) is 0 Å². The zero-order valence-corrected chi connectivity index (χ0v) is 45.7. The molecule has 0 spiro atoms. The van der Waals surface area contributed by atoms with Gasteiger partial charge in [0.1, 0.15) is 29.6 Å². The van der Waals surface area contributed by atoms with E-state index in [9.17, 15) is 42.5 Å². The lowest BCUT2D eigenvalue weighted by Gasteiger charge is -2.30. The van der Waals surface area contributed by atoms with Gasteiger partial charge in [-0.3, -0.25) is 47.4 Å². The Morgan fingerprint density at radius 2 is 1.00 bits per heavy atom. The molecule has 6 atom stereocenters. The van der Waals surface area contributed by atoms with E-state index in [0.717, 1.165) is 38.3 Å². The minimum Gasteiger partial charge on any atom is -0.481 e. The Kier molecular flexibility index (Phi) is 19.2. The summed E-state index contributed by atoms with van der Waals surface area (Å²) in [6.45, 7) is 2.90. The number of esters is 2. The molecule has 6 aromatic rings. The topological polar surface area (TPSA) is 243 Å². The van der Waals surface area contributed by atoms with Crippen LogP contribution in [0.3, 0.4) is 0 Å². The lowest BCUT2D eigenvalue weighted by molar-refractivity contribution is -0.154. The van der Waals surface area contributed by atoms with Crippen molar-refractivity contribution in [1.29, 1.82) is 0 Å². The zero-order chi connectivity index (χ0) is 55.8. The Labute approximate surface area is 458 Å². The third-order valence-corrected chi connectivity index (χ3v) is 21.1. The highest BCUT2D eigenvalue weighted by Crippen LogP contribution is 2.58. The van der Waals surface area contributed by atoms with Crippen molar-refractivity contribution in [3.05, 3.63) is 146 Å². The predicted octanol–water partition coefficient (Wildman–Crippen LogP) is 9.76. The molecule has 6 unspecified atom stereocenters. The molecule has 4 aliphatic rings. The number of rotatable bonds is 16. The SMILES string of the molecule is C.CC(=O)C(CC(=O)O)CP1(=O)Oc2ccccc2-c2ccccc21.CCCOC(=O)C(CC(=O)OCCO)CP1(=O)Oc2ccccc2-c2ccccc21.CN1C(=O)CC(CP2(=O)Oc3ccccc3-c3ccccc32)C1=O. The molecule has 2 amide bonds. The molecule has 17 nitrogen and oxygen atoms in total. The van der Waals surface area contributed by atoms with Crippen LogP contribution in [-0.2, 0) is 51.9 Å². The number of para-hydroxylation sites is 3. The van der Waals surface area contributed by atoms with Gasteiger partial charge in [0.15, 0.2) is 0 Å². The van der Waals surface area contributed by atoms with Crippen LogP contribution in [0.4, 0.5) is 0 Å². The maximum atomic E-state index is 14.0. The van der Waals surface area contributed by atoms with Gasteiger partial charge in [0.2, 0.25) is 11.8 Å². The Hall–Kier alpha value is -7.41. The number of hydrogen-bond acceptors (Lipinski definition) is 15. The highest BCUT2D eigenvalue weighted by molar-refractivity contribution is 7.68. The smallest absolute Gasteiger partial charge is 0.310 e. The second kappa shape index (κ2) is 25.6. The number of hydrogen-bond donors (Lipinski definition) is 2. The fourth-order valence-corrected chi connectivity index (χ4v) is 17.5. The number of benzene rings is 6. The fraction of sp³-hybridized carbons (Fsp3) is 0.288. The molecule has 0 bridgehead atoms. The van der Waals surface area contributed by atoms with Crippen LogP contribution in [0.25, 0.3) is 33.4 Å². The number of nitrogens with zero attached hydrogens (tertiary/aromatic N) is 1. The number of ether oxygens (including phenoxy) is 2.